The minimum atomic E-state index is -0.495. The number of halogens is 1. The van der Waals surface area contributed by atoms with Crippen LogP contribution in [0.5, 0.6) is 0 Å². The molecule has 0 bridgehead atoms. The first-order chi connectivity index (χ1) is 13.2. The number of pyridine rings is 1. The van der Waals surface area contributed by atoms with E-state index in [0.717, 1.165) is 10.4 Å². The maximum atomic E-state index is 13.3. The summed E-state index contributed by atoms with van der Waals surface area (Å²) in [5.74, 6) is -0.349. The van der Waals surface area contributed by atoms with Crippen molar-refractivity contribution in [3.8, 4) is 22.5 Å². The summed E-state index contributed by atoms with van der Waals surface area (Å²) in [6, 6.07) is 18.0. The van der Waals surface area contributed by atoms with E-state index in [1.54, 1.807) is 48.8 Å². The molecule has 0 unspecified atom stereocenters. The van der Waals surface area contributed by atoms with Gasteiger partial charge in [-0.1, -0.05) is 23.0 Å². The van der Waals surface area contributed by atoms with Gasteiger partial charge in [-0.3, -0.25) is 4.98 Å². The summed E-state index contributed by atoms with van der Waals surface area (Å²) in [6.45, 7) is 0. The van der Waals surface area contributed by atoms with Crippen molar-refractivity contribution < 1.29 is 9.18 Å². The van der Waals surface area contributed by atoms with Gasteiger partial charge >= 0.3 is 6.03 Å². The third kappa shape index (κ3) is 3.57. The highest BCUT2D eigenvalue weighted by Gasteiger charge is 2.18. The molecule has 132 valence electrons. The molecule has 27 heavy (non-hydrogen) atoms. The summed E-state index contributed by atoms with van der Waals surface area (Å²) in [6.07, 6.45) is 3.26. The van der Waals surface area contributed by atoms with Gasteiger partial charge in [0.2, 0.25) is 0 Å². The van der Waals surface area contributed by atoms with Crippen LogP contribution in [0.25, 0.3) is 22.5 Å². The Hall–Kier alpha value is -3.87. The van der Waals surface area contributed by atoms with Crippen molar-refractivity contribution in [1.29, 1.82) is 0 Å². The molecule has 0 aliphatic rings. The normalized spacial score (nSPS) is 10.6. The van der Waals surface area contributed by atoms with Gasteiger partial charge < -0.3 is 5.32 Å². The van der Waals surface area contributed by atoms with Crippen LogP contribution in [0.1, 0.15) is 0 Å². The number of amides is 1. The highest BCUT2D eigenvalue weighted by Crippen LogP contribution is 2.28. The number of nitrogens with zero attached hydrogens (tertiary/aromatic N) is 4. The molecular weight excluding hydrogens is 345 g/mol. The van der Waals surface area contributed by atoms with Crippen LogP contribution in [0.4, 0.5) is 14.9 Å². The summed E-state index contributed by atoms with van der Waals surface area (Å²) >= 11 is 0. The highest BCUT2D eigenvalue weighted by atomic mass is 19.1. The monoisotopic (exact) mass is 359 g/mol. The average molecular weight is 359 g/mol. The quantitative estimate of drug-likeness (QED) is 0.594. The minimum absolute atomic E-state index is 0.349. The largest absolute Gasteiger partial charge is 0.363 e. The van der Waals surface area contributed by atoms with Gasteiger partial charge in [-0.2, -0.15) is 0 Å². The highest BCUT2D eigenvalue weighted by molar-refractivity contribution is 5.91. The van der Waals surface area contributed by atoms with E-state index in [4.69, 9.17) is 0 Å². The molecule has 0 aliphatic carbocycles. The van der Waals surface area contributed by atoms with Crippen molar-refractivity contribution in [3.63, 3.8) is 0 Å². The van der Waals surface area contributed by atoms with E-state index in [-0.39, 0.29) is 5.82 Å². The van der Waals surface area contributed by atoms with Crippen LogP contribution < -0.4 is 5.32 Å². The van der Waals surface area contributed by atoms with Crippen LogP contribution in [0.3, 0.4) is 0 Å². The Morgan fingerprint density at radius 1 is 0.815 bits per heavy atom. The van der Waals surface area contributed by atoms with Gasteiger partial charge in [0.05, 0.1) is 0 Å². The molecule has 0 saturated carbocycles. The van der Waals surface area contributed by atoms with E-state index in [2.05, 4.69) is 20.5 Å². The molecule has 4 rings (SSSR count). The molecular formula is C20H14FN5O. The molecule has 2 heterocycles. The second-order valence-electron chi connectivity index (χ2n) is 5.73. The first-order valence-electron chi connectivity index (χ1n) is 8.21. The molecule has 7 heteroatoms. The summed E-state index contributed by atoms with van der Waals surface area (Å²) in [4.78, 5) is 17.6. The van der Waals surface area contributed by atoms with Gasteiger partial charge in [-0.15, -0.1) is 10.2 Å². The van der Waals surface area contributed by atoms with Gasteiger partial charge in [-0.25, -0.2) is 9.18 Å². The predicted octanol–water partition coefficient (Wildman–Crippen LogP) is 4.23. The van der Waals surface area contributed by atoms with Gasteiger partial charge in [0.1, 0.15) is 17.2 Å². The zero-order valence-electron chi connectivity index (χ0n) is 14.1. The van der Waals surface area contributed by atoms with Gasteiger partial charge in [0.25, 0.3) is 0 Å². The second-order valence-corrected chi connectivity index (χ2v) is 5.73. The number of hydrogen-bond acceptors (Lipinski definition) is 4. The van der Waals surface area contributed by atoms with Crippen LogP contribution in [0, 0.1) is 5.82 Å². The molecule has 6 nitrogen and oxygen atoms in total. The maximum absolute atomic E-state index is 13.3. The molecule has 1 amide bonds. The maximum Gasteiger partial charge on any atom is 0.363 e. The first kappa shape index (κ1) is 16.6. The number of hydrogen-bond donors (Lipinski definition) is 1. The van der Waals surface area contributed by atoms with Crippen LogP contribution >= 0.6 is 0 Å². The standard InChI is InChI=1S/C20H14FN5O/c21-16-8-6-14(7-9-16)18-19(15-10-12-22-13-11-15)25-26(24-18)20(27)23-17-4-2-1-3-5-17/h1-13H,(H,23,27). The number of carbonyl (C=O) groups excluding carboxylic acids is 1. The molecule has 2 aromatic carbocycles. The molecule has 0 fully saturated rings. The summed E-state index contributed by atoms with van der Waals surface area (Å²) in [7, 11) is 0. The molecule has 0 aliphatic heterocycles. The topological polar surface area (TPSA) is 72.7 Å². The van der Waals surface area contributed by atoms with Gasteiger partial charge in [0.15, 0.2) is 0 Å². The Labute approximate surface area is 154 Å². The number of nitrogens with one attached hydrogen (secondary N) is 1. The van der Waals surface area contributed by atoms with E-state index in [1.165, 1.54) is 12.1 Å². The van der Waals surface area contributed by atoms with Gasteiger partial charge in [0, 0.05) is 29.2 Å². The Bertz CT molecular complexity index is 1060. The third-order valence-electron chi connectivity index (χ3n) is 3.89. The molecule has 0 atom stereocenters. The molecule has 2 aromatic heterocycles. The Kier molecular flexibility index (Phi) is 4.40. The summed E-state index contributed by atoms with van der Waals surface area (Å²) < 4.78 is 13.3. The fraction of sp³-hybridized carbons (Fsp3) is 0. The van der Waals surface area contributed by atoms with Crippen LogP contribution in [0.15, 0.2) is 79.1 Å². The lowest BCUT2D eigenvalue weighted by Crippen LogP contribution is -2.22. The number of benzene rings is 2. The molecule has 0 radical (unpaired) electrons. The third-order valence-corrected chi connectivity index (χ3v) is 3.89. The lowest BCUT2D eigenvalue weighted by molar-refractivity contribution is 0.248. The zero-order chi connectivity index (χ0) is 18.6. The number of rotatable bonds is 3. The van der Waals surface area contributed by atoms with Crippen molar-refractivity contribution in [2.75, 3.05) is 5.32 Å². The van der Waals surface area contributed by atoms with Crippen LogP contribution in [-0.2, 0) is 0 Å². The molecule has 1 N–H and O–H groups in total. The fourth-order valence-electron chi connectivity index (χ4n) is 2.60. The number of para-hydroxylation sites is 1. The first-order valence-corrected chi connectivity index (χ1v) is 8.21. The van der Waals surface area contributed by atoms with Crippen molar-refractivity contribution in [2.24, 2.45) is 0 Å². The SMILES string of the molecule is O=C(Nc1ccccc1)n1nc(-c2ccncc2)c(-c2ccc(F)cc2)n1. The van der Waals surface area contributed by atoms with Crippen LogP contribution in [0.2, 0.25) is 0 Å². The fourth-order valence-corrected chi connectivity index (χ4v) is 2.60. The van der Waals surface area contributed by atoms with E-state index in [9.17, 15) is 9.18 Å². The lowest BCUT2D eigenvalue weighted by atomic mass is 10.1. The molecule has 4 aromatic rings. The Morgan fingerprint density at radius 2 is 1.41 bits per heavy atom. The molecule has 0 saturated heterocycles. The van der Waals surface area contributed by atoms with Crippen molar-refractivity contribution in [2.45, 2.75) is 0 Å². The van der Waals surface area contributed by atoms with E-state index in [1.807, 2.05) is 18.2 Å². The summed E-state index contributed by atoms with van der Waals surface area (Å²) in [5.41, 5.74) is 3.02. The van der Waals surface area contributed by atoms with Crippen molar-refractivity contribution in [1.82, 2.24) is 20.0 Å². The number of anilines is 1. The Morgan fingerprint density at radius 3 is 2.04 bits per heavy atom. The second kappa shape index (κ2) is 7.17. The predicted molar refractivity (Wildman–Crippen MR) is 99.5 cm³/mol. The van der Waals surface area contributed by atoms with E-state index >= 15 is 0 Å². The van der Waals surface area contributed by atoms with Crippen molar-refractivity contribution >= 4 is 11.7 Å². The zero-order valence-corrected chi connectivity index (χ0v) is 14.1. The number of aromatic nitrogens is 4. The van der Waals surface area contributed by atoms with E-state index < -0.39 is 6.03 Å². The van der Waals surface area contributed by atoms with Crippen LogP contribution in [-0.4, -0.2) is 26.0 Å². The van der Waals surface area contributed by atoms with Gasteiger partial charge in [-0.05, 0) is 48.5 Å². The van der Waals surface area contributed by atoms with Crippen molar-refractivity contribution in [3.05, 3.63) is 84.9 Å². The van der Waals surface area contributed by atoms with E-state index in [0.29, 0.717) is 22.6 Å². The number of carbonyl (C=O) groups is 1. The molecule has 0 spiro atoms. The minimum Gasteiger partial charge on any atom is -0.305 e. The lowest BCUT2D eigenvalue weighted by Gasteiger charge is -2.02. The Balaban J connectivity index is 1.75. The summed E-state index contributed by atoms with van der Waals surface area (Å²) in [5, 5.41) is 11.4. The average Bonchev–Trinajstić information content (AvgIpc) is 3.16. The smallest absolute Gasteiger partial charge is 0.305 e.